The molecule has 5 nitrogen and oxygen atoms in total. The van der Waals surface area contributed by atoms with Gasteiger partial charge in [0.2, 0.25) is 0 Å². The third-order valence-electron chi connectivity index (χ3n) is 3.27. The number of carboxylic acid groups (broad SMARTS) is 1. The minimum Gasteiger partial charge on any atom is -0.480 e. The van der Waals surface area contributed by atoms with Gasteiger partial charge < -0.3 is 10.0 Å². The molecule has 0 bridgehead atoms. The van der Waals surface area contributed by atoms with E-state index in [4.69, 9.17) is 5.11 Å². The second-order valence-corrected chi connectivity index (χ2v) is 5.73. The summed E-state index contributed by atoms with van der Waals surface area (Å²) in [6.07, 6.45) is 0. The molecule has 0 aliphatic carbocycles. The van der Waals surface area contributed by atoms with Crippen LogP contribution in [-0.4, -0.2) is 40.0 Å². The minimum atomic E-state index is -1.03. The van der Waals surface area contributed by atoms with Gasteiger partial charge in [-0.05, 0) is 13.8 Å². The number of carboxylic acids is 1. The first kappa shape index (κ1) is 15.2. The van der Waals surface area contributed by atoms with Crippen molar-refractivity contribution in [1.29, 1.82) is 0 Å². The second-order valence-electron chi connectivity index (χ2n) is 4.73. The normalized spacial score (nSPS) is 12.0. The molecule has 0 aliphatic rings. The maximum absolute atomic E-state index is 12.4. The van der Waals surface area contributed by atoms with Crippen molar-refractivity contribution in [1.82, 2.24) is 9.88 Å². The lowest BCUT2D eigenvalue weighted by molar-refractivity contribution is -0.141. The van der Waals surface area contributed by atoms with Crippen LogP contribution in [0.15, 0.2) is 30.3 Å². The summed E-state index contributed by atoms with van der Waals surface area (Å²) >= 11 is 1.28. The van der Waals surface area contributed by atoms with Crippen molar-refractivity contribution < 1.29 is 14.7 Å². The Bertz CT molecular complexity index is 667. The Labute approximate surface area is 126 Å². The summed E-state index contributed by atoms with van der Waals surface area (Å²) < 4.78 is 0. The maximum Gasteiger partial charge on any atom is 0.326 e. The number of carbonyl (C=O) groups excluding carboxylic acids is 1. The highest BCUT2D eigenvalue weighted by Crippen LogP contribution is 2.28. The van der Waals surface area contributed by atoms with Crippen LogP contribution in [0, 0.1) is 6.92 Å². The number of rotatable bonds is 4. The van der Waals surface area contributed by atoms with Gasteiger partial charge in [0.25, 0.3) is 5.91 Å². The monoisotopic (exact) mass is 304 g/mol. The van der Waals surface area contributed by atoms with E-state index in [0.29, 0.717) is 10.6 Å². The van der Waals surface area contributed by atoms with Crippen molar-refractivity contribution in [2.24, 2.45) is 0 Å². The maximum atomic E-state index is 12.4. The van der Waals surface area contributed by atoms with E-state index >= 15 is 0 Å². The van der Waals surface area contributed by atoms with Crippen LogP contribution in [0.25, 0.3) is 10.6 Å². The first-order valence-corrected chi connectivity index (χ1v) is 7.26. The first-order valence-electron chi connectivity index (χ1n) is 6.44. The number of amides is 1. The smallest absolute Gasteiger partial charge is 0.326 e. The fourth-order valence-electron chi connectivity index (χ4n) is 1.80. The Morgan fingerprint density at radius 2 is 1.90 bits per heavy atom. The molecule has 1 unspecified atom stereocenters. The number of nitrogens with zero attached hydrogens (tertiary/aromatic N) is 2. The number of benzene rings is 1. The van der Waals surface area contributed by atoms with Crippen molar-refractivity contribution >= 4 is 23.2 Å². The topological polar surface area (TPSA) is 70.5 Å². The summed E-state index contributed by atoms with van der Waals surface area (Å²) in [5.41, 5.74) is 1.56. The lowest BCUT2D eigenvalue weighted by Crippen LogP contribution is -2.40. The Balaban J connectivity index is 2.31. The largest absolute Gasteiger partial charge is 0.480 e. The van der Waals surface area contributed by atoms with Crippen LogP contribution < -0.4 is 0 Å². The molecule has 0 saturated heterocycles. The standard InChI is InChI=1S/C15H16N2O3S/c1-9-12(14(18)17(3)10(2)15(19)20)21-13(16-9)11-7-5-4-6-8-11/h4-8,10H,1-3H3,(H,19,20). The molecule has 0 fully saturated rings. The van der Waals surface area contributed by atoms with Gasteiger partial charge in [-0.3, -0.25) is 4.79 Å². The molecule has 1 amide bonds. The molecule has 1 aromatic carbocycles. The molecular weight excluding hydrogens is 288 g/mol. The summed E-state index contributed by atoms with van der Waals surface area (Å²) in [5, 5.41) is 9.75. The number of hydrogen-bond acceptors (Lipinski definition) is 4. The van der Waals surface area contributed by atoms with Gasteiger partial charge >= 0.3 is 5.97 Å². The van der Waals surface area contributed by atoms with Gasteiger partial charge in [0.15, 0.2) is 0 Å². The van der Waals surface area contributed by atoms with Gasteiger partial charge in [-0.15, -0.1) is 11.3 Å². The van der Waals surface area contributed by atoms with Gasteiger partial charge in [0, 0.05) is 12.6 Å². The number of aromatic nitrogens is 1. The average molecular weight is 304 g/mol. The van der Waals surface area contributed by atoms with Gasteiger partial charge in [-0.1, -0.05) is 30.3 Å². The molecule has 0 saturated carbocycles. The number of hydrogen-bond donors (Lipinski definition) is 1. The zero-order valence-corrected chi connectivity index (χ0v) is 12.8. The summed E-state index contributed by atoms with van der Waals surface area (Å²) in [7, 11) is 1.49. The highest BCUT2D eigenvalue weighted by Gasteiger charge is 2.26. The lowest BCUT2D eigenvalue weighted by atomic mass is 10.2. The zero-order valence-electron chi connectivity index (χ0n) is 12.0. The molecule has 1 atom stereocenters. The molecule has 6 heteroatoms. The van der Waals surface area contributed by atoms with E-state index in [1.807, 2.05) is 30.3 Å². The molecule has 1 aromatic heterocycles. The van der Waals surface area contributed by atoms with Crippen LogP contribution in [-0.2, 0) is 4.79 Å². The Hall–Kier alpha value is -2.21. The summed E-state index contributed by atoms with van der Waals surface area (Å²) in [6, 6.07) is 8.71. The van der Waals surface area contributed by atoms with Crippen molar-refractivity contribution in [3.63, 3.8) is 0 Å². The quantitative estimate of drug-likeness (QED) is 0.942. The van der Waals surface area contributed by atoms with Crippen molar-refractivity contribution in [3.05, 3.63) is 40.9 Å². The van der Waals surface area contributed by atoms with Crippen molar-refractivity contribution in [2.75, 3.05) is 7.05 Å². The second kappa shape index (κ2) is 6.05. The molecule has 2 aromatic rings. The SMILES string of the molecule is Cc1nc(-c2ccccc2)sc1C(=O)N(C)C(C)C(=O)O. The van der Waals surface area contributed by atoms with E-state index in [-0.39, 0.29) is 5.91 Å². The molecule has 2 rings (SSSR count). The number of carbonyl (C=O) groups is 2. The van der Waals surface area contributed by atoms with Gasteiger partial charge in [-0.2, -0.15) is 0 Å². The molecule has 0 spiro atoms. The van der Waals surface area contributed by atoms with Crippen LogP contribution in [0.3, 0.4) is 0 Å². The van der Waals surface area contributed by atoms with E-state index in [1.54, 1.807) is 6.92 Å². The zero-order chi connectivity index (χ0) is 15.6. The third-order valence-corrected chi connectivity index (χ3v) is 4.46. The molecule has 0 aliphatic heterocycles. The van der Waals surface area contributed by atoms with E-state index in [9.17, 15) is 9.59 Å². The summed E-state index contributed by atoms with van der Waals surface area (Å²) in [5.74, 6) is -1.35. The fourth-order valence-corrected chi connectivity index (χ4v) is 2.86. The van der Waals surface area contributed by atoms with E-state index < -0.39 is 12.0 Å². The van der Waals surface area contributed by atoms with E-state index in [0.717, 1.165) is 10.6 Å². The average Bonchev–Trinajstić information content (AvgIpc) is 2.87. The third kappa shape index (κ3) is 3.11. The number of aliphatic carboxylic acids is 1. The summed E-state index contributed by atoms with van der Waals surface area (Å²) in [4.78, 5) is 29.5. The number of thiazole rings is 1. The highest BCUT2D eigenvalue weighted by molar-refractivity contribution is 7.17. The number of aryl methyl sites for hydroxylation is 1. The Morgan fingerprint density at radius 3 is 2.48 bits per heavy atom. The van der Waals surface area contributed by atoms with Crippen molar-refractivity contribution in [2.45, 2.75) is 19.9 Å². The van der Waals surface area contributed by atoms with Crippen LogP contribution in [0.2, 0.25) is 0 Å². The van der Waals surface area contributed by atoms with Gasteiger partial charge in [0.1, 0.15) is 15.9 Å². The molecule has 110 valence electrons. The summed E-state index contributed by atoms with van der Waals surface area (Å²) in [6.45, 7) is 3.24. The molecule has 1 heterocycles. The Morgan fingerprint density at radius 1 is 1.29 bits per heavy atom. The van der Waals surface area contributed by atoms with E-state index in [1.165, 1.54) is 30.2 Å². The first-order chi connectivity index (χ1) is 9.91. The highest BCUT2D eigenvalue weighted by atomic mass is 32.1. The molecule has 1 N–H and O–H groups in total. The molecular formula is C15H16N2O3S. The lowest BCUT2D eigenvalue weighted by Gasteiger charge is -2.20. The van der Waals surface area contributed by atoms with Crippen LogP contribution in [0.4, 0.5) is 0 Å². The minimum absolute atomic E-state index is 0.318. The van der Waals surface area contributed by atoms with E-state index in [2.05, 4.69) is 4.98 Å². The predicted octanol–water partition coefficient (Wildman–Crippen LogP) is 2.66. The van der Waals surface area contributed by atoms with Crippen LogP contribution >= 0.6 is 11.3 Å². The van der Waals surface area contributed by atoms with Crippen LogP contribution in [0.1, 0.15) is 22.3 Å². The molecule has 0 radical (unpaired) electrons. The van der Waals surface area contributed by atoms with Gasteiger partial charge in [-0.25, -0.2) is 9.78 Å². The Kier molecular flexibility index (Phi) is 4.37. The van der Waals surface area contributed by atoms with Crippen LogP contribution in [0.5, 0.6) is 0 Å². The number of likely N-dealkylation sites (N-methyl/N-ethyl adjacent to an activating group) is 1. The molecule has 21 heavy (non-hydrogen) atoms. The van der Waals surface area contributed by atoms with Gasteiger partial charge in [0.05, 0.1) is 5.69 Å². The predicted molar refractivity (Wildman–Crippen MR) is 81.5 cm³/mol. The fraction of sp³-hybridized carbons (Fsp3) is 0.267. The van der Waals surface area contributed by atoms with Crippen molar-refractivity contribution in [3.8, 4) is 10.6 Å².